The van der Waals surface area contributed by atoms with Gasteiger partial charge in [-0.3, -0.25) is 4.79 Å². The summed E-state index contributed by atoms with van der Waals surface area (Å²) in [6, 6.07) is 4.99. The fraction of sp³-hybridized carbons (Fsp3) is 0.732. The number of alkyl halides is 3. The zero-order valence-corrected chi connectivity index (χ0v) is 38.4. The van der Waals surface area contributed by atoms with E-state index in [2.05, 4.69) is 126 Å². The second-order valence-electron chi connectivity index (χ2n) is 19.4. The largest absolute Gasteiger partial charge is 0.491 e. The molecular weight excluding hydrogens is 730 g/mol. The molecule has 1 aliphatic rings. The minimum absolute atomic E-state index is 0.00799. The molecule has 1 saturated carbocycles. The van der Waals surface area contributed by atoms with Crippen LogP contribution >= 0.6 is 0 Å². The number of unbranched alkanes of at least 4 members (excludes halogenated alkanes) is 1. The van der Waals surface area contributed by atoms with Gasteiger partial charge in [0, 0.05) is 12.3 Å². The van der Waals surface area contributed by atoms with E-state index in [0.29, 0.717) is 12.8 Å². The number of hydrogen-bond acceptors (Lipinski definition) is 5. The Kier molecular flexibility index (Phi) is 16.2. The molecule has 6 nitrogen and oxygen atoms in total. The van der Waals surface area contributed by atoms with E-state index in [1.54, 1.807) is 6.07 Å². The van der Waals surface area contributed by atoms with Gasteiger partial charge in [-0.05, 0) is 104 Å². The van der Waals surface area contributed by atoms with Crippen molar-refractivity contribution in [1.82, 2.24) is 0 Å². The first kappa shape index (κ1) is 47.4. The Morgan fingerprint density at radius 1 is 0.849 bits per heavy atom. The molecular formula is C41H71F3O6Si3. The number of benzene rings is 1. The molecule has 1 aliphatic carbocycles. The van der Waals surface area contributed by atoms with Crippen molar-refractivity contribution in [3.8, 4) is 5.75 Å². The van der Waals surface area contributed by atoms with Crippen molar-refractivity contribution in [3.05, 3.63) is 54.1 Å². The Labute approximate surface area is 322 Å². The highest BCUT2D eigenvalue weighted by molar-refractivity contribution is 6.75. The number of carbonyl (C=O) groups is 1. The normalized spacial score (nSPS) is 21.8. The quantitative estimate of drug-likeness (QED) is 0.0961. The van der Waals surface area contributed by atoms with E-state index in [9.17, 15) is 18.0 Å². The fourth-order valence-corrected chi connectivity index (χ4v) is 9.65. The lowest BCUT2D eigenvalue weighted by Crippen LogP contribution is -2.45. The summed E-state index contributed by atoms with van der Waals surface area (Å²) in [5.41, 5.74) is -0.754. The van der Waals surface area contributed by atoms with Crippen LogP contribution in [0.25, 0.3) is 0 Å². The average Bonchev–Trinajstić information content (AvgIpc) is 3.27. The Hall–Kier alpha value is -1.71. The molecule has 2 rings (SSSR count). The van der Waals surface area contributed by atoms with Gasteiger partial charge in [-0.25, -0.2) is 0 Å². The molecule has 5 atom stereocenters. The van der Waals surface area contributed by atoms with Crippen molar-refractivity contribution in [3.63, 3.8) is 0 Å². The van der Waals surface area contributed by atoms with Crippen LogP contribution in [0.4, 0.5) is 13.2 Å². The summed E-state index contributed by atoms with van der Waals surface area (Å²) in [5, 5.41) is 9.01. The Bertz CT molecular complexity index is 1390. The van der Waals surface area contributed by atoms with Gasteiger partial charge in [-0.2, -0.15) is 13.2 Å². The fourth-order valence-electron chi connectivity index (χ4n) is 5.65. The molecule has 0 bridgehead atoms. The lowest BCUT2D eigenvalue weighted by Gasteiger charge is -2.40. The van der Waals surface area contributed by atoms with Gasteiger partial charge in [0.25, 0.3) is 0 Å². The highest BCUT2D eigenvalue weighted by Gasteiger charge is 2.50. The molecule has 0 amide bonds. The molecule has 304 valence electrons. The smallest absolute Gasteiger partial charge is 0.416 e. The van der Waals surface area contributed by atoms with Gasteiger partial charge in [0.15, 0.2) is 25.0 Å². The molecule has 0 aromatic heterocycles. The van der Waals surface area contributed by atoms with Gasteiger partial charge in [0.1, 0.15) is 12.4 Å². The number of carboxylic acids is 1. The van der Waals surface area contributed by atoms with E-state index >= 15 is 0 Å². The SMILES string of the molecule is CC(C)(C)[Si](C)(C)OC(C=C[C@@H]1[C@@H](CC=CCCCC(=O)O)[C@@H](O[Si](C)(C)C(C)(C)C)C[C@H]1O[Si](C)(C)C(C)(C)C)COc1cccc(C(F)(F)F)c1. The predicted molar refractivity (Wildman–Crippen MR) is 219 cm³/mol. The predicted octanol–water partition coefficient (Wildman–Crippen LogP) is 12.6. The van der Waals surface area contributed by atoms with Crippen LogP contribution < -0.4 is 4.74 Å². The average molecular weight is 801 g/mol. The van der Waals surface area contributed by atoms with Gasteiger partial charge in [-0.15, -0.1) is 0 Å². The standard InChI is InChI=1S/C41H71F3O6Si3/c1-38(2,3)51(10,11)48-32(29-47-31-22-20-21-30(27-31)41(42,43)44)25-26-34-33(23-18-16-17-19-24-37(45)46)35(49-52(12,13)39(4,5)6)28-36(34)50-53(14,15)40(7,8)9/h16,18,20-22,25-27,32-36H,17,19,23-24,28-29H2,1-15H3,(H,45,46)/t32?,33-,34-,35+,36-/m1/s1. The maximum absolute atomic E-state index is 13.5. The zero-order chi connectivity index (χ0) is 40.8. The van der Waals surface area contributed by atoms with Gasteiger partial charge >= 0.3 is 12.1 Å². The molecule has 0 radical (unpaired) electrons. The molecule has 0 aliphatic heterocycles. The van der Waals surface area contributed by atoms with Crippen molar-refractivity contribution in [2.45, 2.75) is 173 Å². The second-order valence-corrected chi connectivity index (χ2v) is 33.7. The van der Waals surface area contributed by atoms with Crippen molar-refractivity contribution in [1.29, 1.82) is 0 Å². The number of ether oxygens (including phenoxy) is 1. The van der Waals surface area contributed by atoms with E-state index in [0.717, 1.165) is 25.0 Å². The third-order valence-electron chi connectivity index (χ3n) is 12.1. The lowest BCUT2D eigenvalue weighted by atomic mass is 9.89. The summed E-state index contributed by atoms with van der Waals surface area (Å²) in [5.74, 6) is -0.587. The first-order valence-electron chi connectivity index (χ1n) is 19.3. The van der Waals surface area contributed by atoms with Gasteiger partial charge in [0.2, 0.25) is 0 Å². The number of aliphatic carboxylic acids is 1. The summed E-state index contributed by atoms with van der Waals surface area (Å²) in [6.45, 7) is 33.5. The maximum Gasteiger partial charge on any atom is 0.416 e. The molecule has 1 fully saturated rings. The molecule has 1 N–H and O–H groups in total. The molecule has 1 unspecified atom stereocenters. The molecule has 1 aromatic carbocycles. The van der Waals surface area contributed by atoms with E-state index < -0.39 is 48.8 Å². The summed E-state index contributed by atoms with van der Waals surface area (Å²) in [4.78, 5) is 11.1. The summed E-state index contributed by atoms with van der Waals surface area (Å²) in [6.07, 6.45) is 6.28. The number of carboxylic acid groups (broad SMARTS) is 1. The first-order valence-corrected chi connectivity index (χ1v) is 28.0. The van der Waals surface area contributed by atoms with Gasteiger partial charge < -0.3 is 23.1 Å². The van der Waals surface area contributed by atoms with Crippen molar-refractivity contribution in [2.75, 3.05) is 6.61 Å². The Balaban J connectivity index is 2.63. The topological polar surface area (TPSA) is 74.2 Å². The van der Waals surface area contributed by atoms with Crippen LogP contribution in [0.2, 0.25) is 54.4 Å². The highest BCUT2D eigenvalue weighted by atomic mass is 28.4. The van der Waals surface area contributed by atoms with Crippen molar-refractivity contribution >= 4 is 30.9 Å². The second kappa shape index (κ2) is 18.0. The third kappa shape index (κ3) is 14.1. The zero-order valence-electron chi connectivity index (χ0n) is 35.4. The molecule has 53 heavy (non-hydrogen) atoms. The summed E-state index contributed by atoms with van der Waals surface area (Å²) in [7, 11) is -6.74. The minimum atomic E-state index is -4.47. The number of halogens is 3. The summed E-state index contributed by atoms with van der Waals surface area (Å²) >= 11 is 0. The molecule has 0 heterocycles. The third-order valence-corrected chi connectivity index (χ3v) is 25.6. The maximum atomic E-state index is 13.5. The monoisotopic (exact) mass is 800 g/mol. The highest BCUT2D eigenvalue weighted by Crippen LogP contribution is 2.48. The van der Waals surface area contributed by atoms with Gasteiger partial charge in [-0.1, -0.05) is 92.7 Å². The lowest BCUT2D eigenvalue weighted by molar-refractivity contribution is -0.138. The van der Waals surface area contributed by atoms with E-state index in [1.807, 2.05) is 0 Å². The Morgan fingerprint density at radius 3 is 1.91 bits per heavy atom. The number of allylic oxidation sites excluding steroid dienone is 2. The summed E-state index contributed by atoms with van der Waals surface area (Å²) < 4.78 is 68.0. The van der Waals surface area contributed by atoms with Crippen LogP contribution in [-0.4, -0.2) is 60.9 Å². The van der Waals surface area contributed by atoms with Crippen molar-refractivity contribution in [2.24, 2.45) is 11.8 Å². The van der Waals surface area contributed by atoms with E-state index in [-0.39, 0.29) is 57.9 Å². The molecule has 0 saturated heterocycles. The van der Waals surface area contributed by atoms with Crippen LogP contribution in [0, 0.1) is 11.8 Å². The van der Waals surface area contributed by atoms with E-state index in [1.165, 1.54) is 6.07 Å². The van der Waals surface area contributed by atoms with Crippen LogP contribution in [0.15, 0.2) is 48.6 Å². The van der Waals surface area contributed by atoms with Crippen LogP contribution in [0.1, 0.15) is 100.0 Å². The van der Waals surface area contributed by atoms with Crippen LogP contribution in [-0.2, 0) is 24.2 Å². The van der Waals surface area contributed by atoms with Crippen molar-refractivity contribution < 1.29 is 41.1 Å². The number of hydrogen-bond donors (Lipinski definition) is 1. The van der Waals surface area contributed by atoms with Crippen LogP contribution in [0.3, 0.4) is 0 Å². The Morgan fingerprint density at radius 2 is 1.40 bits per heavy atom. The van der Waals surface area contributed by atoms with Gasteiger partial charge in [0.05, 0.1) is 23.9 Å². The molecule has 12 heteroatoms. The molecule has 0 spiro atoms. The number of rotatable bonds is 17. The van der Waals surface area contributed by atoms with Crippen LogP contribution in [0.5, 0.6) is 5.75 Å². The minimum Gasteiger partial charge on any atom is -0.491 e. The molecule has 1 aromatic rings. The first-order chi connectivity index (χ1) is 23.9. The van der Waals surface area contributed by atoms with E-state index in [4.69, 9.17) is 23.1 Å².